The second-order valence-electron chi connectivity index (χ2n) is 6.39. The van der Waals surface area contributed by atoms with Gasteiger partial charge in [-0.1, -0.05) is 18.2 Å². The summed E-state index contributed by atoms with van der Waals surface area (Å²) in [5, 5.41) is 6.66. The van der Waals surface area contributed by atoms with Crippen LogP contribution in [0.4, 0.5) is 0 Å². The van der Waals surface area contributed by atoms with Crippen molar-refractivity contribution >= 4 is 5.91 Å². The smallest absolute Gasteiger partial charge is 0.217 e. The Balaban J connectivity index is 1.69. The molecular weight excluding hydrogens is 276 g/mol. The fourth-order valence-electron chi connectivity index (χ4n) is 3.08. The van der Waals surface area contributed by atoms with Crippen LogP contribution in [0.3, 0.4) is 0 Å². The van der Waals surface area contributed by atoms with Crippen LogP contribution in [0.15, 0.2) is 24.3 Å². The molecule has 0 saturated heterocycles. The first-order valence-electron chi connectivity index (χ1n) is 8.26. The van der Waals surface area contributed by atoms with Gasteiger partial charge in [0.1, 0.15) is 12.4 Å². The van der Waals surface area contributed by atoms with Crippen molar-refractivity contribution in [3.8, 4) is 5.75 Å². The number of carbonyl (C=O) groups is 1. The summed E-state index contributed by atoms with van der Waals surface area (Å²) in [6.45, 7) is 6.50. The molecule has 1 aliphatic rings. The van der Waals surface area contributed by atoms with Crippen molar-refractivity contribution in [2.75, 3.05) is 6.61 Å². The van der Waals surface area contributed by atoms with Gasteiger partial charge in [-0.05, 0) is 51.2 Å². The number of hydrogen-bond acceptors (Lipinski definition) is 3. The molecule has 0 heterocycles. The Labute approximate surface area is 133 Å². The molecule has 122 valence electrons. The lowest BCUT2D eigenvalue weighted by Crippen LogP contribution is -2.45. The molecule has 0 aliphatic heterocycles. The fourth-order valence-corrected chi connectivity index (χ4v) is 3.08. The number of ether oxygens (including phenoxy) is 1. The third kappa shape index (κ3) is 5.34. The first-order valence-corrected chi connectivity index (χ1v) is 8.26. The number of aryl methyl sites for hydroxylation is 1. The van der Waals surface area contributed by atoms with Crippen LogP contribution in [0.5, 0.6) is 5.75 Å². The average Bonchev–Trinajstić information content (AvgIpc) is 2.48. The van der Waals surface area contributed by atoms with E-state index in [0.29, 0.717) is 24.7 Å². The van der Waals surface area contributed by atoms with E-state index in [4.69, 9.17) is 4.74 Å². The SMILES string of the molecule is CC(=O)NC1CCC(N[C@@H](C)COc2ccccc2C)CC1. The van der Waals surface area contributed by atoms with Gasteiger partial charge in [0.2, 0.25) is 5.91 Å². The van der Waals surface area contributed by atoms with Crippen LogP contribution in [0.1, 0.15) is 45.1 Å². The molecule has 2 rings (SSSR count). The van der Waals surface area contributed by atoms with Crippen LogP contribution >= 0.6 is 0 Å². The van der Waals surface area contributed by atoms with Crippen LogP contribution in [0, 0.1) is 6.92 Å². The monoisotopic (exact) mass is 304 g/mol. The highest BCUT2D eigenvalue weighted by atomic mass is 16.5. The molecule has 22 heavy (non-hydrogen) atoms. The van der Waals surface area contributed by atoms with Crippen molar-refractivity contribution in [3.05, 3.63) is 29.8 Å². The molecule has 1 atom stereocenters. The van der Waals surface area contributed by atoms with Crippen LogP contribution in [-0.4, -0.2) is 30.6 Å². The van der Waals surface area contributed by atoms with E-state index in [2.05, 4.69) is 30.5 Å². The molecule has 0 bridgehead atoms. The van der Waals surface area contributed by atoms with Crippen molar-refractivity contribution in [1.29, 1.82) is 0 Å². The first-order chi connectivity index (χ1) is 10.5. The molecule has 0 spiro atoms. The molecule has 1 fully saturated rings. The zero-order chi connectivity index (χ0) is 15.9. The molecule has 2 N–H and O–H groups in total. The number of benzene rings is 1. The maximum absolute atomic E-state index is 11.1. The normalized spacial score (nSPS) is 22.9. The van der Waals surface area contributed by atoms with E-state index in [-0.39, 0.29) is 5.91 Å². The van der Waals surface area contributed by atoms with Crippen LogP contribution in [0.25, 0.3) is 0 Å². The standard InChI is InChI=1S/C18H28N2O2/c1-13-6-4-5-7-18(13)22-12-14(2)19-16-8-10-17(11-9-16)20-15(3)21/h4-7,14,16-17,19H,8-12H2,1-3H3,(H,20,21)/t14-,16?,17?/m0/s1. The van der Waals surface area contributed by atoms with Crippen LogP contribution in [0.2, 0.25) is 0 Å². The van der Waals surface area contributed by atoms with Crippen molar-refractivity contribution < 1.29 is 9.53 Å². The van der Waals surface area contributed by atoms with Gasteiger partial charge in [0.25, 0.3) is 0 Å². The highest BCUT2D eigenvalue weighted by Gasteiger charge is 2.22. The number of amides is 1. The maximum Gasteiger partial charge on any atom is 0.217 e. The summed E-state index contributed by atoms with van der Waals surface area (Å²) in [5.41, 5.74) is 1.17. The lowest BCUT2D eigenvalue weighted by Gasteiger charge is -2.31. The van der Waals surface area contributed by atoms with Gasteiger partial charge in [0.05, 0.1) is 0 Å². The average molecular weight is 304 g/mol. The molecule has 1 amide bonds. The second kappa shape index (κ2) is 8.18. The minimum Gasteiger partial charge on any atom is -0.492 e. The quantitative estimate of drug-likeness (QED) is 0.849. The van der Waals surface area contributed by atoms with Gasteiger partial charge >= 0.3 is 0 Å². The summed E-state index contributed by atoms with van der Waals surface area (Å²) < 4.78 is 5.89. The minimum atomic E-state index is 0.0800. The molecule has 4 nitrogen and oxygen atoms in total. The molecule has 1 aromatic carbocycles. The van der Waals surface area contributed by atoms with E-state index in [1.54, 1.807) is 6.92 Å². The fraction of sp³-hybridized carbons (Fsp3) is 0.611. The zero-order valence-corrected chi connectivity index (χ0v) is 13.9. The third-order valence-corrected chi connectivity index (χ3v) is 4.24. The number of carbonyl (C=O) groups excluding carboxylic acids is 1. The van der Waals surface area contributed by atoms with Gasteiger partial charge in [0, 0.05) is 25.0 Å². The van der Waals surface area contributed by atoms with Gasteiger partial charge in [0.15, 0.2) is 0 Å². The van der Waals surface area contributed by atoms with Crippen molar-refractivity contribution in [2.24, 2.45) is 0 Å². The van der Waals surface area contributed by atoms with Gasteiger partial charge in [-0.25, -0.2) is 0 Å². The van der Waals surface area contributed by atoms with Crippen LogP contribution < -0.4 is 15.4 Å². The van der Waals surface area contributed by atoms with E-state index >= 15 is 0 Å². The predicted molar refractivity (Wildman–Crippen MR) is 89.1 cm³/mol. The Hall–Kier alpha value is -1.55. The topological polar surface area (TPSA) is 50.4 Å². The molecule has 0 radical (unpaired) electrons. The number of nitrogens with one attached hydrogen (secondary N) is 2. The lowest BCUT2D eigenvalue weighted by atomic mass is 9.90. The summed E-state index contributed by atoms with van der Waals surface area (Å²) in [6, 6.07) is 9.31. The molecule has 1 aromatic rings. The Bertz CT molecular complexity index is 482. The minimum absolute atomic E-state index is 0.0800. The zero-order valence-electron chi connectivity index (χ0n) is 13.9. The Morgan fingerprint density at radius 2 is 1.86 bits per heavy atom. The second-order valence-corrected chi connectivity index (χ2v) is 6.39. The molecule has 0 aromatic heterocycles. The van der Waals surface area contributed by atoms with Crippen molar-refractivity contribution in [3.63, 3.8) is 0 Å². The van der Waals surface area contributed by atoms with Gasteiger partial charge < -0.3 is 15.4 Å². The molecular formula is C18H28N2O2. The maximum atomic E-state index is 11.1. The van der Waals surface area contributed by atoms with E-state index < -0.39 is 0 Å². The van der Waals surface area contributed by atoms with Crippen molar-refractivity contribution in [1.82, 2.24) is 10.6 Å². The number of hydrogen-bond donors (Lipinski definition) is 2. The Morgan fingerprint density at radius 3 is 2.50 bits per heavy atom. The van der Waals surface area contributed by atoms with Crippen molar-refractivity contribution in [2.45, 2.75) is 64.6 Å². The van der Waals surface area contributed by atoms with E-state index in [9.17, 15) is 4.79 Å². The largest absolute Gasteiger partial charge is 0.492 e. The summed E-state index contributed by atoms with van der Waals surface area (Å²) in [4.78, 5) is 11.1. The lowest BCUT2D eigenvalue weighted by molar-refractivity contribution is -0.119. The Morgan fingerprint density at radius 1 is 1.23 bits per heavy atom. The summed E-state index contributed by atoms with van der Waals surface area (Å²) in [7, 11) is 0. The van der Waals surface area contributed by atoms with Gasteiger partial charge in [-0.2, -0.15) is 0 Å². The van der Waals surface area contributed by atoms with E-state index in [1.807, 2.05) is 18.2 Å². The predicted octanol–water partition coefficient (Wildman–Crippen LogP) is 2.80. The molecule has 4 heteroatoms. The molecule has 0 unspecified atom stereocenters. The third-order valence-electron chi connectivity index (χ3n) is 4.24. The van der Waals surface area contributed by atoms with Gasteiger partial charge in [-0.3, -0.25) is 4.79 Å². The molecule has 1 aliphatic carbocycles. The van der Waals surface area contributed by atoms with Gasteiger partial charge in [-0.15, -0.1) is 0 Å². The number of para-hydroxylation sites is 1. The number of rotatable bonds is 6. The van der Waals surface area contributed by atoms with E-state index in [0.717, 1.165) is 31.4 Å². The highest BCUT2D eigenvalue weighted by molar-refractivity contribution is 5.73. The first kappa shape index (κ1) is 16.8. The van der Waals surface area contributed by atoms with E-state index in [1.165, 1.54) is 5.56 Å². The highest BCUT2D eigenvalue weighted by Crippen LogP contribution is 2.20. The summed E-state index contributed by atoms with van der Waals surface area (Å²) in [6.07, 6.45) is 4.34. The van der Waals surface area contributed by atoms with Crippen LogP contribution in [-0.2, 0) is 4.79 Å². The molecule has 1 saturated carbocycles. The Kier molecular flexibility index (Phi) is 6.25. The summed E-state index contributed by atoms with van der Waals surface area (Å²) >= 11 is 0. The summed E-state index contributed by atoms with van der Waals surface area (Å²) in [5.74, 6) is 1.04.